The van der Waals surface area contributed by atoms with Crippen molar-refractivity contribution in [1.82, 2.24) is 5.32 Å². The molecule has 1 atom stereocenters. The summed E-state index contributed by atoms with van der Waals surface area (Å²) in [6.45, 7) is 1.87. The summed E-state index contributed by atoms with van der Waals surface area (Å²) in [7, 11) is 0. The molecule has 2 rings (SSSR count). The van der Waals surface area contributed by atoms with Gasteiger partial charge in [-0.25, -0.2) is 0 Å². The summed E-state index contributed by atoms with van der Waals surface area (Å²) < 4.78 is 5.86. The number of aliphatic carboxylic acids is 1. The Morgan fingerprint density at radius 3 is 3.00 bits per heavy atom. The minimum absolute atomic E-state index is 0.0102. The van der Waals surface area contributed by atoms with Crippen LogP contribution < -0.4 is 10.1 Å². The van der Waals surface area contributed by atoms with E-state index < -0.39 is 5.97 Å². The summed E-state index contributed by atoms with van der Waals surface area (Å²) in [4.78, 5) is 10.7. The van der Waals surface area contributed by atoms with E-state index in [-0.39, 0.29) is 12.5 Å². The summed E-state index contributed by atoms with van der Waals surface area (Å²) in [6.07, 6.45) is 2.29. The quantitative estimate of drug-likeness (QED) is 0.829. The van der Waals surface area contributed by atoms with Crippen molar-refractivity contribution < 1.29 is 14.6 Å². The van der Waals surface area contributed by atoms with E-state index in [1.165, 1.54) is 0 Å². The number of carboxylic acid groups (broad SMARTS) is 1. The molecule has 17 heavy (non-hydrogen) atoms. The zero-order valence-electron chi connectivity index (χ0n) is 9.69. The van der Waals surface area contributed by atoms with Crippen molar-refractivity contribution in [2.75, 3.05) is 13.1 Å². The van der Waals surface area contributed by atoms with E-state index in [4.69, 9.17) is 9.84 Å². The van der Waals surface area contributed by atoms with Crippen molar-refractivity contribution in [3.05, 3.63) is 29.8 Å². The molecule has 1 heterocycles. The Hall–Kier alpha value is -1.55. The second kappa shape index (κ2) is 5.68. The van der Waals surface area contributed by atoms with Gasteiger partial charge in [0.1, 0.15) is 11.9 Å². The lowest BCUT2D eigenvalue weighted by Crippen LogP contribution is -2.37. The normalized spacial score (nSPS) is 19.9. The second-order valence-electron chi connectivity index (χ2n) is 4.26. The molecule has 4 nitrogen and oxygen atoms in total. The van der Waals surface area contributed by atoms with Crippen LogP contribution in [0.2, 0.25) is 0 Å². The summed E-state index contributed by atoms with van der Waals surface area (Å²) in [5.41, 5.74) is 0.741. The number of hydrogen-bond donors (Lipinski definition) is 2. The van der Waals surface area contributed by atoms with Crippen LogP contribution in [0.25, 0.3) is 0 Å². The second-order valence-corrected chi connectivity index (χ2v) is 4.26. The lowest BCUT2D eigenvalue weighted by Gasteiger charge is -2.24. The molecule has 1 aliphatic rings. The van der Waals surface area contributed by atoms with Crippen LogP contribution >= 0.6 is 0 Å². The van der Waals surface area contributed by atoms with Crippen molar-refractivity contribution in [3.8, 4) is 5.75 Å². The van der Waals surface area contributed by atoms with Gasteiger partial charge in [-0.15, -0.1) is 0 Å². The Morgan fingerprint density at radius 2 is 2.29 bits per heavy atom. The number of nitrogens with one attached hydrogen (secondary N) is 1. The van der Waals surface area contributed by atoms with E-state index in [1.54, 1.807) is 6.07 Å². The molecule has 0 aromatic heterocycles. The lowest BCUT2D eigenvalue weighted by atomic mass is 10.1. The summed E-state index contributed by atoms with van der Waals surface area (Å²) in [6, 6.07) is 7.35. The number of hydrogen-bond acceptors (Lipinski definition) is 3. The van der Waals surface area contributed by atoms with E-state index in [0.717, 1.165) is 31.5 Å². The molecule has 1 aromatic rings. The fraction of sp³-hybridized carbons (Fsp3) is 0.462. The molecule has 0 bridgehead atoms. The minimum Gasteiger partial charge on any atom is -0.489 e. The Morgan fingerprint density at radius 1 is 1.47 bits per heavy atom. The Labute approximate surface area is 101 Å². The van der Waals surface area contributed by atoms with Gasteiger partial charge in [-0.1, -0.05) is 18.2 Å². The monoisotopic (exact) mass is 235 g/mol. The zero-order valence-corrected chi connectivity index (χ0v) is 9.69. The van der Waals surface area contributed by atoms with Gasteiger partial charge >= 0.3 is 5.97 Å². The first-order chi connectivity index (χ1) is 8.25. The molecule has 92 valence electrons. The highest BCUT2D eigenvalue weighted by Gasteiger charge is 2.16. The number of rotatable bonds is 4. The first kappa shape index (κ1) is 11.9. The average Bonchev–Trinajstić information content (AvgIpc) is 2.32. The topological polar surface area (TPSA) is 58.6 Å². The van der Waals surface area contributed by atoms with Crippen molar-refractivity contribution in [1.29, 1.82) is 0 Å². The van der Waals surface area contributed by atoms with Gasteiger partial charge in [0.15, 0.2) is 0 Å². The van der Waals surface area contributed by atoms with Crippen LogP contribution in [-0.2, 0) is 11.2 Å². The van der Waals surface area contributed by atoms with Crippen LogP contribution in [0.5, 0.6) is 5.75 Å². The highest BCUT2D eigenvalue weighted by Crippen LogP contribution is 2.21. The SMILES string of the molecule is O=C(O)Cc1ccccc1OC1CCCNC1. The molecule has 0 spiro atoms. The van der Waals surface area contributed by atoms with Gasteiger partial charge in [-0.3, -0.25) is 4.79 Å². The van der Waals surface area contributed by atoms with Crippen molar-refractivity contribution in [2.45, 2.75) is 25.4 Å². The van der Waals surface area contributed by atoms with Crippen LogP contribution in [0.4, 0.5) is 0 Å². The maximum Gasteiger partial charge on any atom is 0.307 e. The zero-order chi connectivity index (χ0) is 12.1. The molecule has 2 N–H and O–H groups in total. The highest BCUT2D eigenvalue weighted by atomic mass is 16.5. The van der Waals surface area contributed by atoms with E-state index >= 15 is 0 Å². The standard InChI is InChI=1S/C13H17NO3/c15-13(16)8-10-4-1-2-6-12(10)17-11-5-3-7-14-9-11/h1-2,4,6,11,14H,3,5,7-9H2,(H,15,16). The molecular formula is C13H17NO3. The molecule has 0 amide bonds. The van der Waals surface area contributed by atoms with Crippen LogP contribution in [-0.4, -0.2) is 30.3 Å². The van der Waals surface area contributed by atoms with Gasteiger partial charge < -0.3 is 15.2 Å². The number of para-hydroxylation sites is 1. The number of carbonyl (C=O) groups is 1. The molecule has 1 aliphatic heterocycles. The molecule has 1 unspecified atom stereocenters. The maximum absolute atomic E-state index is 10.7. The van der Waals surface area contributed by atoms with Crippen LogP contribution in [0.15, 0.2) is 24.3 Å². The third kappa shape index (κ3) is 3.46. The van der Waals surface area contributed by atoms with E-state index in [2.05, 4.69) is 5.32 Å². The van der Waals surface area contributed by atoms with Crippen molar-refractivity contribution >= 4 is 5.97 Å². The van der Waals surface area contributed by atoms with Gasteiger partial charge in [0.2, 0.25) is 0 Å². The molecule has 1 saturated heterocycles. The average molecular weight is 235 g/mol. The maximum atomic E-state index is 10.7. The fourth-order valence-corrected chi connectivity index (χ4v) is 2.03. The van der Waals surface area contributed by atoms with E-state index in [0.29, 0.717) is 5.75 Å². The predicted molar refractivity (Wildman–Crippen MR) is 64.3 cm³/mol. The first-order valence-corrected chi connectivity index (χ1v) is 5.93. The molecule has 1 fully saturated rings. The third-order valence-corrected chi connectivity index (χ3v) is 2.86. The van der Waals surface area contributed by atoms with Crippen LogP contribution in [0, 0.1) is 0 Å². The Bertz CT molecular complexity index is 386. The van der Waals surface area contributed by atoms with Gasteiger partial charge in [-0.05, 0) is 25.5 Å². The summed E-state index contributed by atoms with van der Waals surface area (Å²) in [5.74, 6) is -0.133. The molecule has 1 aromatic carbocycles. The van der Waals surface area contributed by atoms with Crippen LogP contribution in [0.1, 0.15) is 18.4 Å². The van der Waals surface area contributed by atoms with E-state index in [9.17, 15) is 4.79 Å². The minimum atomic E-state index is -0.831. The molecule has 0 aliphatic carbocycles. The molecule has 4 heteroatoms. The van der Waals surface area contributed by atoms with Crippen molar-refractivity contribution in [2.24, 2.45) is 0 Å². The van der Waals surface area contributed by atoms with Gasteiger partial charge in [-0.2, -0.15) is 0 Å². The molecule has 0 radical (unpaired) electrons. The molecular weight excluding hydrogens is 218 g/mol. The number of piperidine rings is 1. The predicted octanol–water partition coefficient (Wildman–Crippen LogP) is 1.44. The van der Waals surface area contributed by atoms with Crippen LogP contribution in [0.3, 0.4) is 0 Å². The smallest absolute Gasteiger partial charge is 0.307 e. The van der Waals surface area contributed by atoms with E-state index in [1.807, 2.05) is 18.2 Å². The lowest BCUT2D eigenvalue weighted by molar-refractivity contribution is -0.136. The number of benzene rings is 1. The van der Waals surface area contributed by atoms with Gasteiger partial charge in [0.25, 0.3) is 0 Å². The largest absolute Gasteiger partial charge is 0.489 e. The van der Waals surface area contributed by atoms with Crippen molar-refractivity contribution in [3.63, 3.8) is 0 Å². The highest BCUT2D eigenvalue weighted by molar-refractivity contribution is 5.71. The number of ether oxygens (including phenoxy) is 1. The Balaban J connectivity index is 2.05. The molecule has 0 saturated carbocycles. The summed E-state index contributed by atoms with van der Waals surface area (Å²) in [5, 5.41) is 12.1. The Kier molecular flexibility index (Phi) is 3.98. The third-order valence-electron chi connectivity index (χ3n) is 2.86. The van der Waals surface area contributed by atoms with Gasteiger partial charge in [0, 0.05) is 12.1 Å². The first-order valence-electron chi connectivity index (χ1n) is 5.93. The number of carboxylic acids is 1. The summed E-state index contributed by atoms with van der Waals surface area (Å²) >= 11 is 0. The fourth-order valence-electron chi connectivity index (χ4n) is 2.03. The van der Waals surface area contributed by atoms with Gasteiger partial charge in [0.05, 0.1) is 6.42 Å².